The predicted molar refractivity (Wildman–Crippen MR) is 91.6 cm³/mol. The van der Waals surface area contributed by atoms with Crippen LogP contribution >= 0.6 is 0 Å². The van der Waals surface area contributed by atoms with Crippen molar-refractivity contribution in [3.63, 3.8) is 0 Å². The molecule has 2 aromatic carbocycles. The summed E-state index contributed by atoms with van der Waals surface area (Å²) in [4.78, 5) is 0. The molecule has 5 atom stereocenters. The lowest BCUT2D eigenvalue weighted by molar-refractivity contribution is -0.231. The minimum atomic E-state index is -1.41. The third-order valence-corrected chi connectivity index (χ3v) is 4.27. The second kappa shape index (κ2) is 7.79. The van der Waals surface area contributed by atoms with Crippen molar-refractivity contribution < 1.29 is 25.2 Å². The van der Waals surface area contributed by atoms with Crippen molar-refractivity contribution in [2.24, 2.45) is 0 Å². The molecule has 25 heavy (non-hydrogen) atoms. The molecule has 0 aromatic heterocycles. The SMILES string of the molecule is OC[C@H]1OC(c2ccccc2C#Cc2ccccc2)[C@H](O)[C@@H](O)[C@H]1O. The maximum atomic E-state index is 10.3. The number of benzene rings is 2. The lowest BCUT2D eigenvalue weighted by Crippen LogP contribution is -2.55. The number of hydrogen-bond acceptors (Lipinski definition) is 5. The summed E-state index contributed by atoms with van der Waals surface area (Å²) in [5, 5.41) is 39.6. The molecule has 1 aliphatic rings. The van der Waals surface area contributed by atoms with E-state index in [0.29, 0.717) is 11.1 Å². The first-order valence-electron chi connectivity index (χ1n) is 8.08. The van der Waals surface area contributed by atoms with Crippen LogP contribution in [0.15, 0.2) is 54.6 Å². The average Bonchev–Trinajstić information content (AvgIpc) is 2.66. The lowest BCUT2D eigenvalue weighted by atomic mass is 9.89. The molecule has 1 saturated heterocycles. The molecule has 3 rings (SSSR count). The molecule has 0 radical (unpaired) electrons. The van der Waals surface area contributed by atoms with E-state index in [1.807, 2.05) is 36.4 Å². The highest BCUT2D eigenvalue weighted by Crippen LogP contribution is 2.33. The van der Waals surface area contributed by atoms with Gasteiger partial charge in [-0.05, 0) is 23.8 Å². The van der Waals surface area contributed by atoms with Gasteiger partial charge < -0.3 is 25.2 Å². The van der Waals surface area contributed by atoms with Crippen LogP contribution in [0.25, 0.3) is 0 Å². The Morgan fingerprint density at radius 3 is 2.20 bits per heavy atom. The molecule has 1 fully saturated rings. The third kappa shape index (κ3) is 3.74. The van der Waals surface area contributed by atoms with E-state index in [1.54, 1.807) is 18.2 Å². The van der Waals surface area contributed by atoms with Crippen LogP contribution in [-0.4, -0.2) is 51.4 Å². The van der Waals surface area contributed by atoms with Crippen molar-refractivity contribution in [3.8, 4) is 11.8 Å². The first-order chi connectivity index (χ1) is 12.1. The summed E-state index contributed by atoms with van der Waals surface area (Å²) >= 11 is 0. The Balaban J connectivity index is 1.94. The molecule has 0 bridgehead atoms. The smallest absolute Gasteiger partial charge is 0.113 e. The molecule has 130 valence electrons. The van der Waals surface area contributed by atoms with Gasteiger partial charge in [0.15, 0.2) is 0 Å². The van der Waals surface area contributed by atoms with Gasteiger partial charge in [0, 0.05) is 11.1 Å². The van der Waals surface area contributed by atoms with Gasteiger partial charge in [0.2, 0.25) is 0 Å². The third-order valence-electron chi connectivity index (χ3n) is 4.27. The Morgan fingerprint density at radius 1 is 0.800 bits per heavy atom. The minimum absolute atomic E-state index is 0.459. The van der Waals surface area contributed by atoms with Crippen molar-refractivity contribution >= 4 is 0 Å². The number of ether oxygens (including phenoxy) is 1. The molecule has 5 nitrogen and oxygen atoms in total. The zero-order valence-corrected chi connectivity index (χ0v) is 13.5. The Labute approximate surface area is 146 Å². The number of rotatable bonds is 2. The van der Waals surface area contributed by atoms with Crippen LogP contribution in [0.3, 0.4) is 0 Å². The van der Waals surface area contributed by atoms with Crippen LogP contribution in [0.4, 0.5) is 0 Å². The van der Waals surface area contributed by atoms with E-state index in [2.05, 4.69) is 11.8 Å². The molecule has 0 spiro atoms. The van der Waals surface area contributed by atoms with Crippen LogP contribution < -0.4 is 0 Å². The van der Waals surface area contributed by atoms with E-state index in [1.165, 1.54) is 0 Å². The first-order valence-corrected chi connectivity index (χ1v) is 8.08. The van der Waals surface area contributed by atoms with Crippen LogP contribution in [0.5, 0.6) is 0 Å². The monoisotopic (exact) mass is 340 g/mol. The Kier molecular flexibility index (Phi) is 5.49. The summed E-state index contributed by atoms with van der Waals surface area (Å²) in [6.45, 7) is -0.459. The van der Waals surface area contributed by atoms with Crippen molar-refractivity contribution in [1.29, 1.82) is 0 Å². The van der Waals surface area contributed by atoms with Gasteiger partial charge in [-0.25, -0.2) is 0 Å². The van der Waals surface area contributed by atoms with E-state index >= 15 is 0 Å². The van der Waals surface area contributed by atoms with Gasteiger partial charge in [-0.2, -0.15) is 0 Å². The summed E-state index contributed by atoms with van der Waals surface area (Å²) in [6, 6.07) is 16.6. The standard InChI is InChI=1S/C20H20O5/c21-12-16-17(22)18(23)19(24)20(25-16)15-9-5-4-8-14(15)11-10-13-6-2-1-3-7-13/h1-9,16-24H,12H2/t16-,17+,18+,19-,20?/m1/s1. The van der Waals surface area contributed by atoms with Crippen molar-refractivity contribution in [2.45, 2.75) is 30.5 Å². The number of hydrogen-bond donors (Lipinski definition) is 4. The predicted octanol–water partition coefficient (Wildman–Crippen LogP) is 0.601. The quantitative estimate of drug-likeness (QED) is 0.601. The summed E-state index contributed by atoms with van der Waals surface area (Å²) in [5.74, 6) is 6.11. The average molecular weight is 340 g/mol. The van der Waals surface area contributed by atoms with E-state index in [0.717, 1.165) is 5.56 Å². The fourth-order valence-corrected chi connectivity index (χ4v) is 2.88. The maximum absolute atomic E-state index is 10.3. The molecule has 0 amide bonds. The molecule has 2 aromatic rings. The largest absolute Gasteiger partial charge is 0.394 e. The molecular formula is C20H20O5. The zero-order chi connectivity index (χ0) is 17.8. The first kappa shape index (κ1) is 17.6. The molecule has 0 saturated carbocycles. The summed E-state index contributed by atoms with van der Waals surface area (Å²) < 4.78 is 5.63. The lowest BCUT2D eigenvalue weighted by Gasteiger charge is -2.40. The van der Waals surface area contributed by atoms with Crippen molar-refractivity contribution in [3.05, 3.63) is 71.3 Å². The molecule has 0 aliphatic carbocycles. The van der Waals surface area contributed by atoms with E-state index < -0.39 is 37.1 Å². The van der Waals surface area contributed by atoms with Gasteiger partial charge in [-0.3, -0.25) is 0 Å². The highest BCUT2D eigenvalue weighted by Gasteiger charge is 2.44. The van der Waals surface area contributed by atoms with E-state index in [9.17, 15) is 20.4 Å². The Bertz CT molecular complexity index is 762. The van der Waals surface area contributed by atoms with Gasteiger partial charge in [-0.15, -0.1) is 0 Å². The highest BCUT2D eigenvalue weighted by atomic mass is 16.5. The molecule has 5 heteroatoms. The van der Waals surface area contributed by atoms with Gasteiger partial charge in [0.1, 0.15) is 30.5 Å². The van der Waals surface area contributed by atoms with Crippen LogP contribution in [0.1, 0.15) is 22.8 Å². The summed E-state index contributed by atoms with van der Waals surface area (Å²) in [5.41, 5.74) is 2.10. The molecule has 1 aliphatic heterocycles. The normalized spacial score (nSPS) is 28.9. The second-order valence-electron chi connectivity index (χ2n) is 5.95. The molecule has 1 heterocycles. The van der Waals surface area contributed by atoms with Gasteiger partial charge in [-0.1, -0.05) is 48.2 Å². The fourth-order valence-electron chi connectivity index (χ4n) is 2.88. The molecule has 1 unspecified atom stereocenters. The Morgan fingerprint density at radius 2 is 1.48 bits per heavy atom. The zero-order valence-electron chi connectivity index (χ0n) is 13.5. The maximum Gasteiger partial charge on any atom is 0.113 e. The van der Waals surface area contributed by atoms with Crippen LogP contribution in [0, 0.1) is 11.8 Å². The van der Waals surface area contributed by atoms with Gasteiger partial charge >= 0.3 is 0 Å². The van der Waals surface area contributed by atoms with Crippen LogP contribution in [-0.2, 0) is 4.74 Å². The van der Waals surface area contributed by atoms with Crippen LogP contribution in [0.2, 0.25) is 0 Å². The number of aliphatic hydroxyl groups excluding tert-OH is 4. The van der Waals surface area contributed by atoms with Crippen molar-refractivity contribution in [1.82, 2.24) is 0 Å². The molecule has 4 N–H and O–H groups in total. The Hall–Kier alpha value is -2.20. The molecular weight excluding hydrogens is 320 g/mol. The minimum Gasteiger partial charge on any atom is -0.394 e. The second-order valence-corrected chi connectivity index (χ2v) is 5.95. The highest BCUT2D eigenvalue weighted by molar-refractivity contribution is 5.47. The van der Waals surface area contributed by atoms with Crippen molar-refractivity contribution in [2.75, 3.05) is 6.61 Å². The van der Waals surface area contributed by atoms with E-state index in [4.69, 9.17) is 4.74 Å². The van der Waals surface area contributed by atoms with Gasteiger partial charge in [0.25, 0.3) is 0 Å². The number of aliphatic hydroxyl groups is 4. The van der Waals surface area contributed by atoms with E-state index in [-0.39, 0.29) is 0 Å². The summed E-state index contributed by atoms with van der Waals surface area (Å²) in [6.07, 6.45) is -5.95. The summed E-state index contributed by atoms with van der Waals surface area (Å²) in [7, 11) is 0. The van der Waals surface area contributed by atoms with Gasteiger partial charge in [0.05, 0.1) is 6.61 Å². The fraction of sp³-hybridized carbons (Fsp3) is 0.300. The topological polar surface area (TPSA) is 90.2 Å².